The summed E-state index contributed by atoms with van der Waals surface area (Å²) in [4.78, 5) is 12.2. The number of halogens is 1. The number of esters is 1. The van der Waals surface area contributed by atoms with Crippen LogP contribution in [0.1, 0.15) is 15.9 Å². The molecule has 0 amide bonds. The molecule has 0 spiro atoms. The van der Waals surface area contributed by atoms with Gasteiger partial charge in [0.1, 0.15) is 0 Å². The summed E-state index contributed by atoms with van der Waals surface area (Å²) in [6, 6.07) is 21.2. The van der Waals surface area contributed by atoms with Crippen LogP contribution in [-0.2, 0) is 0 Å². The Morgan fingerprint density at radius 3 is 2.44 bits per heavy atom. The highest BCUT2D eigenvalue weighted by molar-refractivity contribution is 6.30. The van der Waals surface area contributed by atoms with Crippen molar-refractivity contribution in [2.45, 2.75) is 0 Å². The first kappa shape index (κ1) is 18.5. The van der Waals surface area contributed by atoms with Gasteiger partial charge in [-0.1, -0.05) is 29.8 Å². The SMILES string of the molecule is COc1cc(C=NNc2ccc(Cl)cc2)ccc1OC(=O)c1ccccc1. The maximum Gasteiger partial charge on any atom is 0.343 e. The van der Waals surface area contributed by atoms with Gasteiger partial charge in [0.05, 0.1) is 24.6 Å². The number of nitrogens with zero attached hydrogens (tertiary/aromatic N) is 1. The molecular weight excluding hydrogens is 364 g/mol. The molecule has 0 aliphatic carbocycles. The van der Waals surface area contributed by atoms with E-state index in [1.165, 1.54) is 7.11 Å². The van der Waals surface area contributed by atoms with Crippen molar-refractivity contribution in [1.82, 2.24) is 0 Å². The second kappa shape index (κ2) is 8.87. The molecule has 0 saturated carbocycles. The molecule has 0 saturated heterocycles. The minimum Gasteiger partial charge on any atom is -0.493 e. The van der Waals surface area contributed by atoms with Gasteiger partial charge in [0.2, 0.25) is 0 Å². The molecule has 3 aromatic rings. The molecule has 3 aromatic carbocycles. The van der Waals surface area contributed by atoms with Gasteiger partial charge in [0.15, 0.2) is 11.5 Å². The number of hydrogen-bond donors (Lipinski definition) is 1. The lowest BCUT2D eigenvalue weighted by Crippen LogP contribution is -2.09. The fraction of sp³-hybridized carbons (Fsp3) is 0.0476. The molecule has 0 fully saturated rings. The molecular formula is C21H17ClN2O3. The van der Waals surface area contributed by atoms with E-state index in [0.717, 1.165) is 11.3 Å². The maximum absolute atomic E-state index is 12.2. The highest BCUT2D eigenvalue weighted by Gasteiger charge is 2.12. The lowest BCUT2D eigenvalue weighted by molar-refractivity contribution is 0.0729. The van der Waals surface area contributed by atoms with Crippen LogP contribution in [0.15, 0.2) is 77.9 Å². The number of hydrazone groups is 1. The van der Waals surface area contributed by atoms with E-state index in [0.29, 0.717) is 22.1 Å². The molecule has 6 heteroatoms. The molecule has 136 valence electrons. The lowest BCUT2D eigenvalue weighted by Gasteiger charge is -2.10. The highest BCUT2D eigenvalue weighted by atomic mass is 35.5. The molecule has 3 rings (SSSR count). The second-order valence-electron chi connectivity index (χ2n) is 5.54. The summed E-state index contributed by atoms with van der Waals surface area (Å²) in [6.45, 7) is 0. The lowest BCUT2D eigenvalue weighted by atomic mass is 10.2. The van der Waals surface area contributed by atoms with Crippen molar-refractivity contribution in [3.63, 3.8) is 0 Å². The van der Waals surface area contributed by atoms with Crippen molar-refractivity contribution in [2.75, 3.05) is 12.5 Å². The average molecular weight is 381 g/mol. The second-order valence-corrected chi connectivity index (χ2v) is 5.98. The third kappa shape index (κ3) is 5.09. The third-order valence-corrected chi connectivity index (χ3v) is 3.90. The topological polar surface area (TPSA) is 59.9 Å². The van der Waals surface area contributed by atoms with Gasteiger partial charge in [-0.2, -0.15) is 5.10 Å². The zero-order valence-electron chi connectivity index (χ0n) is 14.6. The predicted octanol–water partition coefficient (Wildman–Crippen LogP) is 5.01. The normalized spacial score (nSPS) is 10.6. The monoisotopic (exact) mass is 380 g/mol. The fourth-order valence-electron chi connectivity index (χ4n) is 2.29. The Labute approximate surface area is 162 Å². The Balaban J connectivity index is 1.69. The van der Waals surface area contributed by atoms with Crippen molar-refractivity contribution in [2.24, 2.45) is 5.10 Å². The Morgan fingerprint density at radius 1 is 1.00 bits per heavy atom. The molecule has 0 bridgehead atoms. The molecule has 0 aliphatic heterocycles. The molecule has 0 aliphatic rings. The van der Waals surface area contributed by atoms with E-state index in [1.807, 2.05) is 18.2 Å². The molecule has 0 radical (unpaired) electrons. The van der Waals surface area contributed by atoms with E-state index in [4.69, 9.17) is 21.1 Å². The van der Waals surface area contributed by atoms with Crippen LogP contribution >= 0.6 is 11.6 Å². The van der Waals surface area contributed by atoms with Crippen LogP contribution in [0.4, 0.5) is 5.69 Å². The Bertz CT molecular complexity index is 941. The van der Waals surface area contributed by atoms with Crippen molar-refractivity contribution in [3.05, 3.63) is 88.9 Å². The van der Waals surface area contributed by atoms with Gasteiger partial charge in [0, 0.05) is 5.02 Å². The molecule has 0 aromatic heterocycles. The molecule has 27 heavy (non-hydrogen) atoms. The summed E-state index contributed by atoms with van der Waals surface area (Å²) >= 11 is 5.85. The predicted molar refractivity (Wildman–Crippen MR) is 107 cm³/mol. The van der Waals surface area contributed by atoms with Gasteiger partial charge in [-0.25, -0.2) is 4.79 Å². The summed E-state index contributed by atoms with van der Waals surface area (Å²) in [5.74, 6) is 0.337. The average Bonchev–Trinajstić information content (AvgIpc) is 2.71. The van der Waals surface area contributed by atoms with Gasteiger partial charge >= 0.3 is 5.97 Å². The van der Waals surface area contributed by atoms with Crippen molar-refractivity contribution in [3.8, 4) is 11.5 Å². The van der Waals surface area contributed by atoms with Gasteiger partial charge in [0.25, 0.3) is 0 Å². The van der Waals surface area contributed by atoms with Gasteiger partial charge < -0.3 is 9.47 Å². The van der Waals surface area contributed by atoms with E-state index in [2.05, 4.69) is 10.5 Å². The molecule has 5 nitrogen and oxygen atoms in total. The maximum atomic E-state index is 12.2. The Hall–Kier alpha value is -3.31. The van der Waals surface area contributed by atoms with Crippen LogP contribution in [0.2, 0.25) is 5.02 Å². The summed E-state index contributed by atoms with van der Waals surface area (Å²) in [6.07, 6.45) is 1.64. The number of anilines is 1. The van der Waals surface area contributed by atoms with Crippen LogP contribution in [0.3, 0.4) is 0 Å². The zero-order valence-corrected chi connectivity index (χ0v) is 15.3. The molecule has 0 atom stereocenters. The quantitative estimate of drug-likeness (QED) is 0.282. The van der Waals surface area contributed by atoms with Crippen LogP contribution in [-0.4, -0.2) is 19.3 Å². The van der Waals surface area contributed by atoms with Gasteiger partial charge in [-0.15, -0.1) is 0 Å². The van der Waals surface area contributed by atoms with E-state index in [1.54, 1.807) is 60.8 Å². The fourth-order valence-corrected chi connectivity index (χ4v) is 2.41. The first-order valence-electron chi connectivity index (χ1n) is 8.15. The summed E-state index contributed by atoms with van der Waals surface area (Å²) in [5, 5.41) is 4.84. The van der Waals surface area contributed by atoms with Gasteiger partial charge in [-0.3, -0.25) is 5.43 Å². The number of benzene rings is 3. The first-order chi connectivity index (χ1) is 13.2. The van der Waals surface area contributed by atoms with E-state index >= 15 is 0 Å². The molecule has 1 N–H and O–H groups in total. The van der Waals surface area contributed by atoms with Crippen molar-refractivity contribution in [1.29, 1.82) is 0 Å². The van der Waals surface area contributed by atoms with Crippen LogP contribution < -0.4 is 14.9 Å². The number of rotatable bonds is 6. The first-order valence-corrected chi connectivity index (χ1v) is 8.53. The van der Waals surface area contributed by atoms with E-state index < -0.39 is 5.97 Å². The highest BCUT2D eigenvalue weighted by Crippen LogP contribution is 2.28. The van der Waals surface area contributed by atoms with E-state index in [-0.39, 0.29) is 0 Å². The van der Waals surface area contributed by atoms with Crippen LogP contribution in [0.5, 0.6) is 11.5 Å². The zero-order chi connectivity index (χ0) is 19.1. The van der Waals surface area contributed by atoms with Crippen molar-refractivity contribution < 1.29 is 14.3 Å². The largest absolute Gasteiger partial charge is 0.493 e. The smallest absolute Gasteiger partial charge is 0.343 e. The summed E-state index contributed by atoms with van der Waals surface area (Å²) in [5.41, 5.74) is 4.98. The van der Waals surface area contributed by atoms with Crippen LogP contribution in [0, 0.1) is 0 Å². The molecule has 0 unspecified atom stereocenters. The third-order valence-electron chi connectivity index (χ3n) is 3.65. The minimum atomic E-state index is -0.445. The number of hydrogen-bond acceptors (Lipinski definition) is 5. The Morgan fingerprint density at radius 2 is 1.74 bits per heavy atom. The number of nitrogens with one attached hydrogen (secondary N) is 1. The van der Waals surface area contributed by atoms with Crippen molar-refractivity contribution >= 4 is 29.5 Å². The number of carbonyl (C=O) groups is 1. The standard InChI is InChI=1S/C21H17ClN2O3/c1-26-20-13-15(14-23-24-18-10-8-17(22)9-11-18)7-12-19(20)27-21(25)16-5-3-2-4-6-16/h2-14,24H,1H3. The van der Waals surface area contributed by atoms with Crippen LogP contribution in [0.25, 0.3) is 0 Å². The number of ether oxygens (including phenoxy) is 2. The summed E-state index contributed by atoms with van der Waals surface area (Å²) in [7, 11) is 1.52. The number of methoxy groups -OCH3 is 1. The number of carbonyl (C=O) groups excluding carboxylic acids is 1. The Kier molecular flexibility index (Phi) is 6.07. The molecule has 0 heterocycles. The van der Waals surface area contributed by atoms with Gasteiger partial charge in [-0.05, 0) is 60.2 Å². The summed E-state index contributed by atoms with van der Waals surface area (Å²) < 4.78 is 10.8. The van der Waals surface area contributed by atoms with E-state index in [9.17, 15) is 4.79 Å². The minimum absolute atomic E-state index is 0.342.